The lowest BCUT2D eigenvalue weighted by Gasteiger charge is -2.36. The van der Waals surface area contributed by atoms with Crippen LogP contribution in [0, 0.1) is 0 Å². The fourth-order valence-corrected chi connectivity index (χ4v) is 2.38. The standard InChI is InChI=1S/C10H22N2S/c1-4-12-8-6-5-7-10(12)9-11(2)13-3/h10H,4-9H2,1-3H3. The third kappa shape index (κ3) is 3.49. The molecule has 3 heteroatoms. The van der Waals surface area contributed by atoms with Crippen LogP contribution in [0.2, 0.25) is 0 Å². The van der Waals surface area contributed by atoms with Crippen LogP contribution in [0.1, 0.15) is 26.2 Å². The average Bonchev–Trinajstić information content (AvgIpc) is 2.18. The highest BCUT2D eigenvalue weighted by Crippen LogP contribution is 2.18. The van der Waals surface area contributed by atoms with Crippen molar-refractivity contribution in [1.82, 2.24) is 9.21 Å². The van der Waals surface area contributed by atoms with Gasteiger partial charge in [-0.2, -0.15) is 0 Å². The lowest BCUT2D eigenvalue weighted by Crippen LogP contribution is -2.44. The maximum Gasteiger partial charge on any atom is 0.0243 e. The minimum absolute atomic E-state index is 0.802. The van der Waals surface area contributed by atoms with Crippen LogP contribution in [-0.2, 0) is 0 Å². The maximum absolute atomic E-state index is 2.62. The number of hydrogen-bond acceptors (Lipinski definition) is 3. The number of likely N-dealkylation sites (tertiary alicyclic amines) is 1. The van der Waals surface area contributed by atoms with E-state index in [4.69, 9.17) is 0 Å². The minimum Gasteiger partial charge on any atom is -0.299 e. The van der Waals surface area contributed by atoms with Crippen molar-refractivity contribution in [3.05, 3.63) is 0 Å². The van der Waals surface area contributed by atoms with Crippen LogP contribution in [0.5, 0.6) is 0 Å². The molecule has 1 heterocycles. The zero-order valence-corrected chi connectivity index (χ0v) is 9.94. The first-order valence-corrected chi connectivity index (χ1v) is 6.45. The fourth-order valence-electron chi connectivity index (χ4n) is 2.05. The smallest absolute Gasteiger partial charge is 0.0243 e. The Morgan fingerprint density at radius 3 is 2.85 bits per heavy atom. The van der Waals surface area contributed by atoms with Gasteiger partial charge in [-0.3, -0.25) is 9.21 Å². The Hall–Kier alpha value is 0.270. The molecule has 1 aliphatic heterocycles. The first-order chi connectivity index (χ1) is 6.27. The van der Waals surface area contributed by atoms with Gasteiger partial charge in [0.25, 0.3) is 0 Å². The van der Waals surface area contributed by atoms with Gasteiger partial charge in [-0.15, -0.1) is 0 Å². The van der Waals surface area contributed by atoms with Gasteiger partial charge in [0.2, 0.25) is 0 Å². The predicted molar refractivity (Wildman–Crippen MR) is 61.0 cm³/mol. The lowest BCUT2D eigenvalue weighted by molar-refractivity contribution is 0.142. The van der Waals surface area contributed by atoms with Gasteiger partial charge in [0.1, 0.15) is 0 Å². The number of nitrogens with zero attached hydrogens (tertiary/aromatic N) is 2. The molecule has 0 aromatic rings. The van der Waals surface area contributed by atoms with Gasteiger partial charge in [0.15, 0.2) is 0 Å². The van der Waals surface area contributed by atoms with Crippen LogP contribution in [0.15, 0.2) is 0 Å². The van der Waals surface area contributed by atoms with E-state index in [2.05, 4.69) is 29.4 Å². The van der Waals surface area contributed by atoms with E-state index in [0.29, 0.717) is 0 Å². The van der Waals surface area contributed by atoms with Crippen molar-refractivity contribution in [1.29, 1.82) is 0 Å². The molecule has 1 rings (SSSR count). The first-order valence-electron chi connectivity index (χ1n) is 5.27. The predicted octanol–water partition coefficient (Wildman–Crippen LogP) is 2.07. The van der Waals surface area contributed by atoms with Crippen LogP contribution in [0.25, 0.3) is 0 Å². The fraction of sp³-hybridized carbons (Fsp3) is 1.00. The van der Waals surface area contributed by atoms with Crippen molar-refractivity contribution < 1.29 is 0 Å². The van der Waals surface area contributed by atoms with Crippen molar-refractivity contribution in [3.63, 3.8) is 0 Å². The molecule has 1 saturated heterocycles. The van der Waals surface area contributed by atoms with E-state index in [1.54, 1.807) is 0 Å². The van der Waals surface area contributed by atoms with E-state index in [1.807, 2.05) is 11.9 Å². The van der Waals surface area contributed by atoms with Crippen molar-refractivity contribution in [3.8, 4) is 0 Å². The molecule has 1 atom stereocenters. The summed E-state index contributed by atoms with van der Waals surface area (Å²) in [6, 6.07) is 0.802. The average molecular weight is 202 g/mol. The molecule has 0 aromatic carbocycles. The zero-order chi connectivity index (χ0) is 9.68. The second-order valence-electron chi connectivity index (χ2n) is 3.77. The highest BCUT2D eigenvalue weighted by atomic mass is 32.2. The molecule has 2 nitrogen and oxygen atoms in total. The highest BCUT2D eigenvalue weighted by Gasteiger charge is 2.21. The van der Waals surface area contributed by atoms with E-state index in [9.17, 15) is 0 Å². The Morgan fingerprint density at radius 2 is 2.23 bits per heavy atom. The highest BCUT2D eigenvalue weighted by molar-refractivity contribution is 7.96. The number of piperidine rings is 1. The second-order valence-corrected chi connectivity index (χ2v) is 4.76. The Kier molecular flexibility index (Phi) is 5.14. The Morgan fingerprint density at radius 1 is 1.46 bits per heavy atom. The summed E-state index contributed by atoms with van der Waals surface area (Å²) in [5, 5.41) is 0. The van der Waals surface area contributed by atoms with Crippen molar-refractivity contribution in [2.24, 2.45) is 0 Å². The summed E-state index contributed by atoms with van der Waals surface area (Å²) in [5.74, 6) is 0. The summed E-state index contributed by atoms with van der Waals surface area (Å²) in [5.41, 5.74) is 0. The quantitative estimate of drug-likeness (QED) is 0.644. The van der Waals surface area contributed by atoms with Gasteiger partial charge in [0, 0.05) is 12.6 Å². The van der Waals surface area contributed by atoms with Crippen LogP contribution in [0.3, 0.4) is 0 Å². The molecule has 1 aliphatic rings. The second kappa shape index (κ2) is 5.89. The summed E-state index contributed by atoms with van der Waals surface area (Å²) >= 11 is 1.84. The van der Waals surface area contributed by atoms with Crippen LogP contribution in [-0.4, -0.2) is 48.2 Å². The SMILES string of the molecule is CCN1CCCCC1CN(C)SC. The molecule has 0 radical (unpaired) electrons. The van der Waals surface area contributed by atoms with Gasteiger partial charge in [-0.1, -0.05) is 25.3 Å². The van der Waals surface area contributed by atoms with Gasteiger partial charge in [-0.05, 0) is 39.2 Å². The largest absolute Gasteiger partial charge is 0.299 e. The molecule has 0 saturated carbocycles. The van der Waals surface area contributed by atoms with Crippen molar-refractivity contribution >= 4 is 11.9 Å². The molecule has 78 valence electrons. The molecule has 0 spiro atoms. The molecule has 0 bridgehead atoms. The number of likely N-dealkylation sites (N-methyl/N-ethyl adjacent to an activating group) is 2. The zero-order valence-electron chi connectivity index (χ0n) is 9.12. The van der Waals surface area contributed by atoms with Gasteiger partial charge >= 0.3 is 0 Å². The Labute approximate surface area is 86.8 Å². The van der Waals surface area contributed by atoms with E-state index in [1.165, 1.54) is 38.9 Å². The van der Waals surface area contributed by atoms with E-state index in [0.717, 1.165) is 6.04 Å². The summed E-state index contributed by atoms with van der Waals surface area (Å²) in [6.45, 7) is 6.02. The molecule has 1 unspecified atom stereocenters. The Balaban J connectivity index is 2.35. The van der Waals surface area contributed by atoms with Gasteiger partial charge in [-0.25, -0.2) is 0 Å². The van der Waals surface area contributed by atoms with Crippen molar-refractivity contribution in [2.45, 2.75) is 32.2 Å². The molecule has 1 fully saturated rings. The van der Waals surface area contributed by atoms with E-state index in [-0.39, 0.29) is 0 Å². The van der Waals surface area contributed by atoms with Crippen LogP contribution >= 0.6 is 11.9 Å². The molecule has 0 amide bonds. The molecule has 0 N–H and O–H groups in total. The van der Waals surface area contributed by atoms with Gasteiger partial charge in [0.05, 0.1) is 0 Å². The normalized spacial score (nSPS) is 25.4. The van der Waals surface area contributed by atoms with E-state index < -0.39 is 0 Å². The third-order valence-electron chi connectivity index (χ3n) is 2.93. The van der Waals surface area contributed by atoms with Crippen LogP contribution in [0.4, 0.5) is 0 Å². The molecule has 13 heavy (non-hydrogen) atoms. The van der Waals surface area contributed by atoms with Crippen molar-refractivity contribution in [2.75, 3.05) is 32.9 Å². The van der Waals surface area contributed by atoms with Crippen LogP contribution < -0.4 is 0 Å². The summed E-state index contributed by atoms with van der Waals surface area (Å²) in [4.78, 5) is 2.62. The first kappa shape index (κ1) is 11.3. The topological polar surface area (TPSA) is 6.48 Å². The van der Waals surface area contributed by atoms with Gasteiger partial charge < -0.3 is 0 Å². The molecular formula is C10H22N2S. The summed E-state index contributed by atoms with van der Waals surface area (Å²) in [6.07, 6.45) is 6.36. The molecule has 0 aliphatic carbocycles. The summed E-state index contributed by atoms with van der Waals surface area (Å²) in [7, 11) is 2.19. The summed E-state index contributed by atoms with van der Waals surface area (Å²) < 4.78 is 2.35. The maximum atomic E-state index is 2.62. The lowest BCUT2D eigenvalue weighted by atomic mass is 10.0. The minimum atomic E-state index is 0.802. The Bertz CT molecular complexity index is 141. The van der Waals surface area contributed by atoms with E-state index >= 15 is 0 Å². The molecule has 0 aromatic heterocycles. The number of hydrogen-bond donors (Lipinski definition) is 0. The monoisotopic (exact) mass is 202 g/mol. The third-order valence-corrected chi connectivity index (χ3v) is 3.71. The number of rotatable bonds is 4. The molecular weight excluding hydrogens is 180 g/mol.